The predicted molar refractivity (Wildman–Crippen MR) is 260 cm³/mol. The number of para-hydroxylation sites is 2. The Bertz CT molecular complexity index is 3790. The molecule has 1 aliphatic heterocycles. The summed E-state index contributed by atoms with van der Waals surface area (Å²) < 4.78 is 9.47. The summed E-state index contributed by atoms with van der Waals surface area (Å²) in [6, 6.07) is 83.7. The van der Waals surface area contributed by atoms with E-state index in [-0.39, 0.29) is 0 Å². The molecule has 2 heteroatoms. The largest absolute Gasteiger partial charge is 0.457 e. The lowest BCUT2D eigenvalue weighted by molar-refractivity contribution is 0.436. The highest BCUT2D eigenvalue weighted by Crippen LogP contribution is 2.65. The van der Waals surface area contributed by atoms with Gasteiger partial charge in [0.25, 0.3) is 0 Å². The van der Waals surface area contributed by atoms with Gasteiger partial charge in [-0.3, -0.25) is 0 Å². The number of benzene rings is 10. The van der Waals surface area contributed by atoms with Gasteiger partial charge in [-0.05, 0) is 115 Å². The van der Waals surface area contributed by atoms with Crippen LogP contribution in [0.1, 0.15) is 44.5 Å². The van der Waals surface area contributed by atoms with Gasteiger partial charge in [-0.1, -0.05) is 182 Å². The summed E-state index contributed by atoms with van der Waals surface area (Å²) in [5.41, 5.74) is 22.9. The van der Waals surface area contributed by atoms with Crippen LogP contribution in [0.15, 0.2) is 224 Å². The Morgan fingerprint density at radius 3 is 1.58 bits per heavy atom. The summed E-state index contributed by atoms with van der Waals surface area (Å²) >= 11 is 0. The average molecular weight is 812 g/mol. The molecule has 2 nitrogen and oxygen atoms in total. The van der Waals surface area contributed by atoms with Gasteiger partial charge in [0.2, 0.25) is 0 Å². The van der Waals surface area contributed by atoms with Crippen LogP contribution in [0.4, 0.5) is 0 Å². The van der Waals surface area contributed by atoms with Crippen molar-refractivity contribution < 1.29 is 4.74 Å². The van der Waals surface area contributed by atoms with Gasteiger partial charge in [0.15, 0.2) is 0 Å². The first-order valence-electron chi connectivity index (χ1n) is 22.3. The molecule has 11 aromatic rings. The Labute approximate surface area is 370 Å². The van der Waals surface area contributed by atoms with Crippen molar-refractivity contribution in [3.63, 3.8) is 0 Å². The van der Waals surface area contributed by atoms with E-state index in [1.165, 1.54) is 105 Å². The molecule has 10 aromatic carbocycles. The summed E-state index contributed by atoms with van der Waals surface area (Å²) in [5.74, 6) is 1.78. The molecule has 64 heavy (non-hydrogen) atoms. The first-order chi connectivity index (χ1) is 31.8. The highest BCUT2D eigenvalue weighted by molar-refractivity contribution is 6.13. The van der Waals surface area contributed by atoms with E-state index in [1.807, 2.05) is 0 Å². The zero-order chi connectivity index (χ0) is 41.7. The molecule has 15 rings (SSSR count). The topological polar surface area (TPSA) is 14.2 Å². The maximum absolute atomic E-state index is 6.89. The van der Waals surface area contributed by atoms with Gasteiger partial charge in [-0.25, -0.2) is 0 Å². The van der Waals surface area contributed by atoms with Crippen LogP contribution in [0.2, 0.25) is 0 Å². The van der Waals surface area contributed by atoms with E-state index in [1.54, 1.807) is 0 Å². The van der Waals surface area contributed by atoms with Crippen LogP contribution in [0.25, 0.3) is 72.0 Å². The fourth-order valence-electron chi connectivity index (χ4n) is 12.7. The van der Waals surface area contributed by atoms with Gasteiger partial charge in [-0.15, -0.1) is 0 Å². The van der Waals surface area contributed by atoms with Crippen molar-refractivity contribution >= 4 is 21.8 Å². The van der Waals surface area contributed by atoms with Crippen LogP contribution in [-0.4, -0.2) is 4.57 Å². The van der Waals surface area contributed by atoms with E-state index in [4.69, 9.17) is 4.74 Å². The molecule has 0 saturated carbocycles. The van der Waals surface area contributed by atoms with E-state index in [9.17, 15) is 0 Å². The minimum Gasteiger partial charge on any atom is -0.457 e. The quantitative estimate of drug-likeness (QED) is 0.170. The Hall–Kier alpha value is -8.20. The van der Waals surface area contributed by atoms with Crippen LogP contribution < -0.4 is 4.74 Å². The number of fused-ring (bicyclic) bond motifs is 22. The summed E-state index contributed by atoms with van der Waals surface area (Å²) in [5, 5.41) is 2.49. The van der Waals surface area contributed by atoms with Crippen LogP contribution in [0.5, 0.6) is 11.5 Å². The fourth-order valence-corrected chi connectivity index (χ4v) is 12.7. The van der Waals surface area contributed by atoms with Crippen molar-refractivity contribution in [2.45, 2.75) is 10.8 Å². The van der Waals surface area contributed by atoms with Crippen molar-refractivity contribution in [1.29, 1.82) is 0 Å². The minimum atomic E-state index is -0.636. The first-order valence-corrected chi connectivity index (χ1v) is 22.3. The second-order valence-electron chi connectivity index (χ2n) is 17.8. The summed E-state index contributed by atoms with van der Waals surface area (Å²) in [4.78, 5) is 0. The molecule has 1 unspecified atom stereocenters. The summed E-state index contributed by atoms with van der Waals surface area (Å²) in [6.45, 7) is 0. The third-order valence-electron chi connectivity index (χ3n) is 15.1. The molecule has 4 aliphatic rings. The van der Waals surface area contributed by atoms with E-state index in [0.29, 0.717) is 0 Å². The lowest BCUT2D eigenvalue weighted by Crippen LogP contribution is -2.32. The van der Waals surface area contributed by atoms with Crippen LogP contribution in [0, 0.1) is 0 Å². The standard InChI is InChI=1S/C62H37NO/c1-2-17-38(18-3-1)39-33-34-59-54(35-39)62(51-28-13-15-32-58(51)64-59)49-26-11-6-21-42(49)45-36-46-43-22-8-14-30-55(43)63(57(46)37-53(45)62)56-31-16-29-52-60(56)44-23-7-12-27-50(44)61(52)47-24-9-4-19-40(47)41-20-5-10-25-48(41)61/h1-37H. The molecule has 0 saturated heterocycles. The van der Waals surface area contributed by atoms with Gasteiger partial charge < -0.3 is 9.30 Å². The van der Waals surface area contributed by atoms with E-state index >= 15 is 0 Å². The van der Waals surface area contributed by atoms with Crippen molar-refractivity contribution in [2.24, 2.45) is 0 Å². The maximum atomic E-state index is 6.89. The molecular weight excluding hydrogens is 775 g/mol. The van der Waals surface area contributed by atoms with Gasteiger partial charge in [0, 0.05) is 27.5 Å². The minimum absolute atomic E-state index is 0.438. The third-order valence-corrected chi connectivity index (χ3v) is 15.1. The zero-order valence-electron chi connectivity index (χ0n) is 34.7. The predicted octanol–water partition coefficient (Wildman–Crippen LogP) is 15.3. The number of nitrogens with zero attached hydrogens (tertiary/aromatic N) is 1. The van der Waals surface area contributed by atoms with Crippen LogP contribution in [-0.2, 0) is 10.8 Å². The van der Waals surface area contributed by atoms with Gasteiger partial charge in [-0.2, -0.15) is 0 Å². The Morgan fingerprint density at radius 2 is 0.844 bits per heavy atom. The summed E-state index contributed by atoms with van der Waals surface area (Å²) in [7, 11) is 0. The normalized spacial score (nSPS) is 16.1. The SMILES string of the molecule is c1ccc(-c2ccc3c(c2)C2(c4ccccc4O3)c3ccccc3-c3cc4c5ccccc5n(-c5cccc6c5-c5ccccc5C65c6ccccc6-c6ccccc65)c4cc32)cc1. The molecule has 2 heterocycles. The van der Waals surface area contributed by atoms with E-state index in [2.05, 4.69) is 229 Å². The molecule has 296 valence electrons. The molecule has 2 spiro atoms. The zero-order valence-corrected chi connectivity index (χ0v) is 34.7. The van der Waals surface area contributed by atoms with Gasteiger partial charge in [0.1, 0.15) is 11.5 Å². The number of ether oxygens (including phenoxy) is 1. The molecule has 0 bridgehead atoms. The highest BCUT2D eigenvalue weighted by Gasteiger charge is 2.53. The Balaban J connectivity index is 1.07. The van der Waals surface area contributed by atoms with Gasteiger partial charge in [0.05, 0.1) is 27.6 Å². The molecule has 0 radical (unpaired) electrons. The second kappa shape index (κ2) is 12.2. The maximum Gasteiger partial charge on any atom is 0.132 e. The fraction of sp³-hybridized carbons (Fsp3) is 0.0323. The number of hydrogen-bond acceptors (Lipinski definition) is 1. The Morgan fingerprint density at radius 1 is 0.297 bits per heavy atom. The number of aromatic nitrogens is 1. The average Bonchev–Trinajstić information content (AvgIpc) is 4.05. The highest BCUT2D eigenvalue weighted by atomic mass is 16.5. The molecule has 1 aromatic heterocycles. The second-order valence-corrected chi connectivity index (χ2v) is 17.8. The number of rotatable bonds is 2. The molecule has 0 fully saturated rings. The van der Waals surface area contributed by atoms with E-state index in [0.717, 1.165) is 22.6 Å². The van der Waals surface area contributed by atoms with Crippen molar-refractivity contribution in [2.75, 3.05) is 0 Å². The van der Waals surface area contributed by atoms with Crippen molar-refractivity contribution in [1.82, 2.24) is 4.57 Å². The smallest absolute Gasteiger partial charge is 0.132 e. The summed E-state index contributed by atoms with van der Waals surface area (Å²) in [6.07, 6.45) is 0. The van der Waals surface area contributed by atoms with Gasteiger partial charge >= 0.3 is 0 Å². The molecule has 0 N–H and O–H groups in total. The van der Waals surface area contributed by atoms with Crippen LogP contribution >= 0.6 is 0 Å². The molecule has 0 amide bonds. The van der Waals surface area contributed by atoms with Crippen molar-refractivity contribution in [3.05, 3.63) is 269 Å². The Kier molecular flexibility index (Phi) is 6.58. The molecule has 1 atom stereocenters. The number of hydrogen-bond donors (Lipinski definition) is 0. The lowest BCUT2D eigenvalue weighted by Gasteiger charge is -2.39. The van der Waals surface area contributed by atoms with E-state index < -0.39 is 10.8 Å². The molecular formula is C62H37NO. The monoisotopic (exact) mass is 811 g/mol. The third kappa shape index (κ3) is 4.03. The van der Waals surface area contributed by atoms with Crippen LogP contribution in [0.3, 0.4) is 0 Å². The molecule has 3 aliphatic carbocycles. The van der Waals surface area contributed by atoms with Crippen molar-refractivity contribution in [3.8, 4) is 61.7 Å². The first kappa shape index (κ1) is 34.4. The lowest BCUT2D eigenvalue weighted by atomic mass is 9.65.